The molecule has 0 bridgehead atoms. The molecule has 0 fully saturated rings. The number of primary sulfonamides is 1. The van der Waals surface area contributed by atoms with Crippen molar-refractivity contribution in [3.8, 4) is 6.07 Å². The van der Waals surface area contributed by atoms with Gasteiger partial charge in [-0.1, -0.05) is 0 Å². The molecule has 0 unspecified atom stereocenters. The van der Waals surface area contributed by atoms with Gasteiger partial charge in [0, 0.05) is 0 Å². The van der Waals surface area contributed by atoms with Crippen molar-refractivity contribution in [2.45, 2.75) is 11.3 Å². The molecule has 0 aromatic carbocycles. The molecule has 86 valence electrons. The number of hydrogen-bond donors (Lipinski definition) is 2. The van der Waals surface area contributed by atoms with E-state index in [1.165, 1.54) is 6.07 Å². The monoisotopic (exact) mass is 248 g/mol. The standard InChI is InChI=1S/C7H6F2N4O2S/c8-6(9)5-4(16(12,14)15)1-3(2-10)13-7(5)11/h1,6H,(H2,11,13)(H2,12,14,15). The van der Waals surface area contributed by atoms with Crippen LogP contribution in [0.2, 0.25) is 0 Å². The Balaban J connectivity index is 3.69. The number of aromatic nitrogens is 1. The van der Waals surface area contributed by atoms with Crippen LogP contribution < -0.4 is 10.9 Å². The molecule has 6 nitrogen and oxygen atoms in total. The van der Waals surface area contributed by atoms with Crippen molar-refractivity contribution in [3.63, 3.8) is 0 Å². The van der Waals surface area contributed by atoms with Gasteiger partial charge in [0.25, 0.3) is 6.43 Å². The zero-order valence-corrected chi connectivity index (χ0v) is 8.50. The fraction of sp³-hybridized carbons (Fsp3) is 0.143. The van der Waals surface area contributed by atoms with E-state index >= 15 is 0 Å². The summed E-state index contributed by atoms with van der Waals surface area (Å²) in [5.74, 6) is -0.724. The zero-order chi connectivity index (χ0) is 12.5. The maximum Gasteiger partial charge on any atom is 0.268 e. The number of pyridine rings is 1. The zero-order valence-electron chi connectivity index (χ0n) is 7.68. The van der Waals surface area contributed by atoms with Gasteiger partial charge in [-0.25, -0.2) is 27.3 Å². The summed E-state index contributed by atoms with van der Waals surface area (Å²) in [6, 6.07) is 2.15. The van der Waals surface area contributed by atoms with Crippen molar-refractivity contribution >= 4 is 15.8 Å². The molecule has 9 heteroatoms. The highest BCUT2D eigenvalue weighted by atomic mass is 32.2. The normalized spacial score (nSPS) is 11.4. The molecule has 1 aromatic rings. The van der Waals surface area contributed by atoms with Crippen LogP contribution in [0.1, 0.15) is 17.7 Å². The minimum Gasteiger partial charge on any atom is -0.383 e. The quantitative estimate of drug-likeness (QED) is 0.769. The number of hydrogen-bond acceptors (Lipinski definition) is 5. The van der Waals surface area contributed by atoms with Crippen molar-refractivity contribution in [2.75, 3.05) is 5.73 Å². The second-order valence-corrected chi connectivity index (χ2v) is 4.29. The predicted octanol–water partition coefficient (Wildman–Crippen LogP) is 0.120. The molecule has 0 saturated heterocycles. The number of rotatable bonds is 2. The topological polar surface area (TPSA) is 123 Å². The minimum absolute atomic E-state index is 0.397. The van der Waals surface area contributed by atoms with E-state index in [0.717, 1.165) is 0 Å². The van der Waals surface area contributed by atoms with Crippen molar-refractivity contribution in [1.82, 2.24) is 4.98 Å². The summed E-state index contributed by atoms with van der Waals surface area (Å²) in [6.45, 7) is 0. The number of alkyl halides is 2. The average molecular weight is 248 g/mol. The van der Waals surface area contributed by atoms with Crippen LogP contribution in [-0.2, 0) is 10.0 Å². The molecule has 0 aliphatic heterocycles. The first-order valence-corrected chi connectivity index (χ1v) is 5.33. The molecule has 1 aromatic heterocycles. The molecule has 0 spiro atoms. The summed E-state index contributed by atoms with van der Waals surface area (Å²) in [5.41, 5.74) is 3.75. The molecule has 4 N–H and O–H groups in total. The lowest BCUT2D eigenvalue weighted by atomic mass is 10.2. The van der Waals surface area contributed by atoms with Crippen LogP contribution in [-0.4, -0.2) is 13.4 Å². The Hall–Kier alpha value is -1.79. The van der Waals surface area contributed by atoms with E-state index in [1.54, 1.807) is 0 Å². The fourth-order valence-electron chi connectivity index (χ4n) is 1.06. The largest absolute Gasteiger partial charge is 0.383 e. The maximum absolute atomic E-state index is 12.5. The van der Waals surface area contributed by atoms with Gasteiger partial charge >= 0.3 is 0 Å². The lowest BCUT2D eigenvalue weighted by Gasteiger charge is -2.09. The van der Waals surface area contributed by atoms with E-state index in [2.05, 4.69) is 4.98 Å². The first kappa shape index (κ1) is 12.3. The Kier molecular flexibility index (Phi) is 3.06. The highest BCUT2D eigenvalue weighted by molar-refractivity contribution is 7.89. The highest BCUT2D eigenvalue weighted by Crippen LogP contribution is 2.30. The molecule has 0 aliphatic rings. The molecule has 0 radical (unpaired) electrons. The number of nitriles is 1. The first-order valence-electron chi connectivity index (χ1n) is 3.79. The van der Waals surface area contributed by atoms with Crippen molar-refractivity contribution in [1.29, 1.82) is 5.26 Å². The summed E-state index contributed by atoms with van der Waals surface area (Å²) < 4.78 is 47.1. The number of halogens is 2. The van der Waals surface area contributed by atoms with Crippen LogP contribution in [0.15, 0.2) is 11.0 Å². The summed E-state index contributed by atoms with van der Waals surface area (Å²) in [4.78, 5) is 2.42. The lowest BCUT2D eigenvalue weighted by molar-refractivity contribution is 0.148. The summed E-state index contributed by atoms with van der Waals surface area (Å²) >= 11 is 0. The maximum atomic E-state index is 12.5. The lowest BCUT2D eigenvalue weighted by Crippen LogP contribution is -2.17. The molecule has 0 atom stereocenters. The molecular weight excluding hydrogens is 242 g/mol. The molecule has 0 amide bonds. The van der Waals surface area contributed by atoms with Gasteiger partial charge in [0.1, 0.15) is 17.6 Å². The highest BCUT2D eigenvalue weighted by Gasteiger charge is 2.25. The number of sulfonamides is 1. The number of anilines is 1. The SMILES string of the molecule is N#Cc1cc(S(N)(=O)=O)c(C(F)F)c(N)n1. The van der Waals surface area contributed by atoms with Gasteiger partial charge in [-0.3, -0.25) is 0 Å². The molecule has 16 heavy (non-hydrogen) atoms. The van der Waals surface area contributed by atoms with E-state index in [9.17, 15) is 17.2 Å². The van der Waals surface area contributed by atoms with Crippen LogP contribution in [0.4, 0.5) is 14.6 Å². The molecular formula is C7H6F2N4O2S. The molecule has 1 rings (SSSR count). The summed E-state index contributed by atoms with van der Waals surface area (Å²) in [7, 11) is -4.38. The number of nitrogen functional groups attached to an aromatic ring is 1. The Morgan fingerprint density at radius 2 is 2.06 bits per heavy atom. The van der Waals surface area contributed by atoms with E-state index in [-0.39, 0.29) is 0 Å². The molecule has 1 heterocycles. The first-order chi connectivity index (χ1) is 7.27. The number of nitrogens with zero attached hydrogens (tertiary/aromatic N) is 2. The number of nitrogens with two attached hydrogens (primary N) is 2. The second kappa shape index (κ2) is 3.99. The van der Waals surface area contributed by atoms with Gasteiger partial charge in [0.15, 0.2) is 0 Å². The third-order valence-corrected chi connectivity index (χ3v) is 2.64. The molecule has 0 saturated carbocycles. The van der Waals surface area contributed by atoms with E-state index in [0.29, 0.717) is 6.07 Å². The van der Waals surface area contributed by atoms with Gasteiger partial charge in [0.05, 0.1) is 10.5 Å². The Bertz CT molecular complexity index is 564. The van der Waals surface area contributed by atoms with Gasteiger partial charge in [-0.2, -0.15) is 5.26 Å². The fourth-order valence-corrected chi connectivity index (χ4v) is 1.84. The van der Waals surface area contributed by atoms with Gasteiger partial charge in [0.2, 0.25) is 10.0 Å². The Morgan fingerprint density at radius 1 is 1.50 bits per heavy atom. The van der Waals surface area contributed by atoms with Gasteiger partial charge in [-0.05, 0) is 6.07 Å². The third-order valence-electron chi connectivity index (χ3n) is 1.69. The van der Waals surface area contributed by atoms with Crippen LogP contribution in [0, 0.1) is 11.3 Å². The van der Waals surface area contributed by atoms with Crippen LogP contribution >= 0.6 is 0 Å². The van der Waals surface area contributed by atoms with Crippen LogP contribution in [0.5, 0.6) is 0 Å². The smallest absolute Gasteiger partial charge is 0.268 e. The minimum atomic E-state index is -4.38. The van der Waals surface area contributed by atoms with Crippen molar-refractivity contribution < 1.29 is 17.2 Å². The van der Waals surface area contributed by atoms with E-state index < -0.39 is 38.4 Å². The Labute approximate surface area is 89.5 Å². The second-order valence-electron chi connectivity index (χ2n) is 2.76. The van der Waals surface area contributed by atoms with E-state index in [4.69, 9.17) is 16.1 Å². The van der Waals surface area contributed by atoms with Gasteiger partial charge in [-0.15, -0.1) is 0 Å². The third kappa shape index (κ3) is 2.23. The molecule has 0 aliphatic carbocycles. The average Bonchev–Trinajstić information content (AvgIpc) is 2.14. The predicted molar refractivity (Wildman–Crippen MR) is 49.7 cm³/mol. The van der Waals surface area contributed by atoms with Gasteiger partial charge < -0.3 is 5.73 Å². The van der Waals surface area contributed by atoms with Crippen molar-refractivity contribution in [2.24, 2.45) is 5.14 Å². The van der Waals surface area contributed by atoms with Crippen LogP contribution in [0.3, 0.4) is 0 Å². The summed E-state index contributed by atoms with van der Waals surface area (Å²) in [6.07, 6.45) is -3.14. The summed E-state index contributed by atoms with van der Waals surface area (Å²) in [5, 5.41) is 13.2. The van der Waals surface area contributed by atoms with E-state index in [1.807, 2.05) is 0 Å². The van der Waals surface area contributed by atoms with Crippen molar-refractivity contribution in [3.05, 3.63) is 17.3 Å². The Morgan fingerprint density at radius 3 is 2.44 bits per heavy atom. The van der Waals surface area contributed by atoms with Crippen LogP contribution in [0.25, 0.3) is 0 Å².